The van der Waals surface area contributed by atoms with E-state index in [1.165, 1.54) is 63.2 Å². The van der Waals surface area contributed by atoms with Gasteiger partial charge in [-0.25, -0.2) is 0 Å². The number of non-ortho nitro benzene ring substituents is 1. The van der Waals surface area contributed by atoms with E-state index in [1.807, 2.05) is 0 Å². The Hall–Kier alpha value is -3.15. The van der Waals surface area contributed by atoms with Gasteiger partial charge in [0.25, 0.3) is 5.69 Å². The molecule has 0 fully saturated rings. The summed E-state index contributed by atoms with van der Waals surface area (Å²) in [6.45, 7) is 2.77. The zero-order chi connectivity index (χ0) is 23.9. The summed E-state index contributed by atoms with van der Waals surface area (Å²) in [5.41, 5.74) is 0.985. The summed E-state index contributed by atoms with van der Waals surface area (Å²) in [6, 6.07) is 11.3. The summed E-state index contributed by atoms with van der Waals surface area (Å²) < 4.78 is 11.0. The molecule has 0 aliphatic carbocycles. The molecule has 6 heteroatoms. The Kier molecular flexibility index (Phi) is 11.7. The smallest absolute Gasteiger partial charge is 0.270 e. The Bertz CT molecular complexity index is 905. The highest BCUT2D eigenvalue weighted by molar-refractivity contribution is 6.07. The van der Waals surface area contributed by atoms with Crippen LogP contribution < -0.4 is 9.47 Å². The second-order valence-electron chi connectivity index (χ2n) is 8.08. The van der Waals surface area contributed by atoms with Crippen molar-refractivity contribution in [2.45, 2.75) is 64.7 Å². The first-order valence-corrected chi connectivity index (χ1v) is 11.8. The van der Waals surface area contributed by atoms with E-state index in [9.17, 15) is 14.9 Å². The molecule has 6 nitrogen and oxygen atoms in total. The number of benzene rings is 2. The van der Waals surface area contributed by atoms with E-state index in [1.54, 1.807) is 43.5 Å². The van der Waals surface area contributed by atoms with Crippen LogP contribution in [-0.4, -0.2) is 24.4 Å². The molecule has 33 heavy (non-hydrogen) atoms. The number of nitro groups is 1. The maximum Gasteiger partial charge on any atom is 0.270 e. The average molecular weight is 454 g/mol. The maximum absolute atomic E-state index is 12.5. The van der Waals surface area contributed by atoms with Gasteiger partial charge < -0.3 is 9.47 Å². The minimum Gasteiger partial charge on any atom is -0.497 e. The van der Waals surface area contributed by atoms with Crippen LogP contribution in [0.4, 0.5) is 5.69 Å². The van der Waals surface area contributed by atoms with Crippen LogP contribution in [0.15, 0.2) is 48.5 Å². The fourth-order valence-electron chi connectivity index (χ4n) is 3.52. The molecule has 0 radical (unpaired) electrons. The van der Waals surface area contributed by atoms with Crippen molar-refractivity contribution in [1.82, 2.24) is 0 Å². The third-order valence-electron chi connectivity index (χ3n) is 5.50. The van der Waals surface area contributed by atoms with Crippen LogP contribution >= 0.6 is 0 Å². The summed E-state index contributed by atoms with van der Waals surface area (Å²) in [4.78, 5) is 23.2. The van der Waals surface area contributed by atoms with Gasteiger partial charge in [-0.3, -0.25) is 14.9 Å². The molecule has 178 valence electrons. The molecule has 0 saturated carbocycles. The number of nitrogens with zero attached hydrogens (tertiary/aromatic N) is 1. The molecular formula is C27H35NO5. The largest absolute Gasteiger partial charge is 0.497 e. The molecule has 0 aliphatic rings. The fourth-order valence-corrected chi connectivity index (χ4v) is 3.52. The molecule has 0 aromatic heterocycles. The maximum atomic E-state index is 12.5. The van der Waals surface area contributed by atoms with Gasteiger partial charge in [-0.2, -0.15) is 0 Å². The quantitative estimate of drug-likeness (QED) is 0.0869. The van der Waals surface area contributed by atoms with Crippen molar-refractivity contribution in [2.24, 2.45) is 0 Å². The predicted octanol–water partition coefficient (Wildman–Crippen LogP) is 7.41. The second kappa shape index (κ2) is 14.8. The molecule has 0 heterocycles. The number of carbonyl (C=O) groups is 1. The van der Waals surface area contributed by atoms with Gasteiger partial charge in [0.2, 0.25) is 0 Å². The number of carbonyl (C=O) groups excluding carboxylic acids is 1. The van der Waals surface area contributed by atoms with E-state index in [0.717, 1.165) is 12.8 Å². The molecule has 0 amide bonds. The Labute approximate surface area is 196 Å². The van der Waals surface area contributed by atoms with Gasteiger partial charge in [0.1, 0.15) is 11.5 Å². The predicted molar refractivity (Wildman–Crippen MR) is 132 cm³/mol. The summed E-state index contributed by atoms with van der Waals surface area (Å²) in [5.74, 6) is 1.01. The first-order valence-electron chi connectivity index (χ1n) is 11.8. The number of nitro benzene ring substituents is 1. The zero-order valence-corrected chi connectivity index (χ0v) is 19.8. The van der Waals surface area contributed by atoms with Crippen LogP contribution in [0.5, 0.6) is 11.5 Å². The number of ketones is 1. The van der Waals surface area contributed by atoms with Crippen LogP contribution in [0.3, 0.4) is 0 Å². The van der Waals surface area contributed by atoms with Gasteiger partial charge in [-0.1, -0.05) is 58.3 Å². The number of rotatable bonds is 16. The Morgan fingerprint density at radius 1 is 0.939 bits per heavy atom. The van der Waals surface area contributed by atoms with Crippen molar-refractivity contribution in [3.63, 3.8) is 0 Å². The van der Waals surface area contributed by atoms with Gasteiger partial charge >= 0.3 is 0 Å². The lowest BCUT2D eigenvalue weighted by Crippen LogP contribution is -2.00. The molecule has 0 N–H and O–H groups in total. The topological polar surface area (TPSA) is 78.7 Å². The Balaban J connectivity index is 1.91. The van der Waals surface area contributed by atoms with E-state index >= 15 is 0 Å². The molecule has 2 aromatic rings. The number of allylic oxidation sites excluding steroid dienone is 1. The third kappa shape index (κ3) is 9.48. The standard InChI is InChI=1S/C27H35NO5/c1-3-4-5-6-7-8-9-10-11-20-33-27-19-15-24(28(30)31)21-23(27)14-18-26(29)22-12-16-25(32-2)17-13-22/h12-19,21H,3-11,20H2,1-2H3. The first kappa shape index (κ1) is 26.1. The molecule has 0 aliphatic heterocycles. The van der Waals surface area contributed by atoms with Crippen LogP contribution in [0.25, 0.3) is 6.08 Å². The number of unbranched alkanes of at least 4 members (excludes halogenated alkanes) is 8. The van der Waals surface area contributed by atoms with Crippen LogP contribution in [-0.2, 0) is 0 Å². The lowest BCUT2D eigenvalue weighted by molar-refractivity contribution is -0.384. The third-order valence-corrected chi connectivity index (χ3v) is 5.50. The van der Waals surface area contributed by atoms with E-state index in [4.69, 9.17) is 9.47 Å². The second-order valence-corrected chi connectivity index (χ2v) is 8.08. The van der Waals surface area contributed by atoms with Crippen LogP contribution in [0, 0.1) is 10.1 Å². The van der Waals surface area contributed by atoms with Crippen molar-refractivity contribution in [3.05, 3.63) is 69.8 Å². The average Bonchev–Trinajstić information content (AvgIpc) is 2.84. The van der Waals surface area contributed by atoms with Crippen molar-refractivity contribution in [2.75, 3.05) is 13.7 Å². The summed E-state index contributed by atoms with van der Waals surface area (Å²) in [5, 5.41) is 11.2. The number of methoxy groups -OCH3 is 1. The van der Waals surface area contributed by atoms with Gasteiger partial charge in [-0.15, -0.1) is 0 Å². The monoisotopic (exact) mass is 453 g/mol. The van der Waals surface area contributed by atoms with Crippen LogP contribution in [0.1, 0.15) is 80.6 Å². The lowest BCUT2D eigenvalue weighted by Gasteiger charge is -2.09. The van der Waals surface area contributed by atoms with Gasteiger partial charge in [0.15, 0.2) is 5.78 Å². The number of hydrogen-bond acceptors (Lipinski definition) is 5. The zero-order valence-electron chi connectivity index (χ0n) is 19.8. The molecule has 0 saturated heterocycles. The highest BCUT2D eigenvalue weighted by Crippen LogP contribution is 2.26. The minimum absolute atomic E-state index is 0.0398. The van der Waals surface area contributed by atoms with E-state index in [0.29, 0.717) is 29.2 Å². The fraction of sp³-hybridized carbons (Fsp3) is 0.444. The van der Waals surface area contributed by atoms with Gasteiger partial charge in [0, 0.05) is 23.3 Å². The molecule has 0 spiro atoms. The van der Waals surface area contributed by atoms with E-state index in [-0.39, 0.29) is 11.5 Å². The number of hydrogen-bond donors (Lipinski definition) is 0. The molecule has 2 rings (SSSR count). The van der Waals surface area contributed by atoms with Crippen LogP contribution in [0.2, 0.25) is 0 Å². The number of ether oxygens (including phenoxy) is 2. The highest BCUT2D eigenvalue weighted by atomic mass is 16.6. The lowest BCUT2D eigenvalue weighted by atomic mass is 10.1. The summed E-state index contributed by atoms with van der Waals surface area (Å²) in [6.07, 6.45) is 14.0. The molecule has 0 unspecified atom stereocenters. The van der Waals surface area contributed by atoms with E-state index < -0.39 is 4.92 Å². The summed E-state index contributed by atoms with van der Waals surface area (Å²) in [7, 11) is 1.56. The molecule has 0 atom stereocenters. The minimum atomic E-state index is -0.451. The van der Waals surface area contributed by atoms with Gasteiger partial charge in [-0.05, 0) is 48.9 Å². The van der Waals surface area contributed by atoms with Crippen molar-refractivity contribution in [3.8, 4) is 11.5 Å². The Morgan fingerprint density at radius 2 is 1.58 bits per heavy atom. The van der Waals surface area contributed by atoms with Crippen molar-refractivity contribution < 1.29 is 19.2 Å². The van der Waals surface area contributed by atoms with Crippen molar-refractivity contribution >= 4 is 17.5 Å². The molecule has 2 aromatic carbocycles. The van der Waals surface area contributed by atoms with Crippen molar-refractivity contribution in [1.29, 1.82) is 0 Å². The van der Waals surface area contributed by atoms with Gasteiger partial charge in [0.05, 0.1) is 18.6 Å². The molecule has 0 bridgehead atoms. The highest BCUT2D eigenvalue weighted by Gasteiger charge is 2.11. The SMILES string of the molecule is CCCCCCCCCCCOc1ccc([N+](=O)[O-])cc1C=CC(=O)c1ccc(OC)cc1. The Morgan fingerprint density at radius 3 is 2.18 bits per heavy atom. The van der Waals surface area contributed by atoms with E-state index in [2.05, 4.69) is 6.92 Å². The summed E-state index contributed by atoms with van der Waals surface area (Å²) >= 11 is 0. The normalized spacial score (nSPS) is 11.0. The molecular weight excluding hydrogens is 418 g/mol. The first-order chi connectivity index (χ1) is 16.0.